The van der Waals surface area contributed by atoms with E-state index in [1.54, 1.807) is 14.2 Å². The maximum Gasteiger partial charge on any atom is 0.0637 e. The largest absolute Gasteiger partial charge is 0.383 e. The van der Waals surface area contributed by atoms with Gasteiger partial charge < -0.3 is 20.1 Å². The highest BCUT2D eigenvalue weighted by Crippen LogP contribution is 2.20. The molecule has 21 heavy (non-hydrogen) atoms. The molecule has 1 atom stereocenters. The molecule has 4 heteroatoms. The van der Waals surface area contributed by atoms with Crippen molar-refractivity contribution in [3.8, 4) is 0 Å². The van der Waals surface area contributed by atoms with Crippen molar-refractivity contribution in [3.63, 3.8) is 0 Å². The van der Waals surface area contributed by atoms with Crippen LogP contribution in [-0.4, -0.2) is 46.6 Å². The summed E-state index contributed by atoms with van der Waals surface area (Å²) in [5, 5.41) is 0. The van der Waals surface area contributed by atoms with Crippen LogP contribution in [0.15, 0.2) is 18.2 Å². The Hall–Kier alpha value is -1.10. The molecule has 0 amide bonds. The molecule has 120 valence electrons. The molecule has 0 radical (unpaired) electrons. The van der Waals surface area contributed by atoms with E-state index in [-0.39, 0.29) is 6.04 Å². The average Bonchev–Trinajstić information content (AvgIpc) is 2.49. The third kappa shape index (κ3) is 6.04. The molecule has 0 aromatic heterocycles. The van der Waals surface area contributed by atoms with Crippen molar-refractivity contribution in [2.24, 2.45) is 5.73 Å². The van der Waals surface area contributed by atoms with Crippen molar-refractivity contribution in [1.29, 1.82) is 0 Å². The van der Waals surface area contributed by atoms with Gasteiger partial charge in [0.1, 0.15) is 0 Å². The first-order chi connectivity index (χ1) is 10.1. The Morgan fingerprint density at radius 3 is 2.24 bits per heavy atom. The van der Waals surface area contributed by atoms with Crippen molar-refractivity contribution in [2.75, 3.05) is 45.4 Å². The summed E-state index contributed by atoms with van der Waals surface area (Å²) in [5.74, 6) is 0. The molecule has 0 aliphatic heterocycles. The Balaban J connectivity index is 2.81. The first-order valence-corrected chi connectivity index (χ1v) is 7.70. The molecule has 0 aliphatic carbocycles. The summed E-state index contributed by atoms with van der Waals surface area (Å²) >= 11 is 0. The van der Waals surface area contributed by atoms with Gasteiger partial charge in [0.05, 0.1) is 13.2 Å². The summed E-state index contributed by atoms with van der Waals surface area (Å²) in [5.41, 5.74) is 9.92. The van der Waals surface area contributed by atoms with E-state index in [0.717, 1.165) is 25.9 Å². The number of aryl methyl sites for hydroxylation is 1. The molecule has 4 nitrogen and oxygen atoms in total. The lowest BCUT2D eigenvalue weighted by Crippen LogP contribution is -2.30. The molecule has 0 aliphatic rings. The normalized spacial score (nSPS) is 12.4. The van der Waals surface area contributed by atoms with Crippen molar-refractivity contribution in [3.05, 3.63) is 29.3 Å². The van der Waals surface area contributed by atoms with Gasteiger partial charge in [-0.25, -0.2) is 0 Å². The summed E-state index contributed by atoms with van der Waals surface area (Å²) in [7, 11) is 3.46. The molecule has 0 saturated carbocycles. The van der Waals surface area contributed by atoms with Gasteiger partial charge in [-0.3, -0.25) is 0 Å². The monoisotopic (exact) mass is 294 g/mol. The summed E-state index contributed by atoms with van der Waals surface area (Å²) in [4.78, 5) is 2.30. The van der Waals surface area contributed by atoms with Crippen LogP contribution in [0.1, 0.15) is 24.5 Å². The Labute approximate surface area is 129 Å². The van der Waals surface area contributed by atoms with Crippen LogP contribution in [-0.2, 0) is 15.9 Å². The van der Waals surface area contributed by atoms with E-state index in [9.17, 15) is 0 Å². The molecule has 0 heterocycles. The van der Waals surface area contributed by atoms with Gasteiger partial charge in [-0.1, -0.05) is 13.0 Å². The van der Waals surface area contributed by atoms with Crippen molar-refractivity contribution in [2.45, 2.75) is 32.7 Å². The Kier molecular flexibility index (Phi) is 8.35. The summed E-state index contributed by atoms with van der Waals surface area (Å²) in [6.45, 7) is 7.45. The van der Waals surface area contributed by atoms with Crippen molar-refractivity contribution in [1.82, 2.24) is 0 Å². The van der Waals surface area contributed by atoms with Gasteiger partial charge in [0, 0.05) is 39.0 Å². The molecular weight excluding hydrogens is 264 g/mol. The van der Waals surface area contributed by atoms with Crippen LogP contribution in [0.4, 0.5) is 5.69 Å². The Morgan fingerprint density at radius 2 is 1.76 bits per heavy atom. The van der Waals surface area contributed by atoms with Gasteiger partial charge in [-0.2, -0.15) is 0 Å². The number of hydrogen-bond donors (Lipinski definition) is 1. The molecule has 0 fully saturated rings. The first kappa shape index (κ1) is 18.0. The highest BCUT2D eigenvalue weighted by Gasteiger charge is 2.10. The predicted octanol–water partition coefficient (Wildman–Crippen LogP) is 2.37. The van der Waals surface area contributed by atoms with Crippen molar-refractivity contribution < 1.29 is 9.47 Å². The molecular formula is C17H30N2O2. The third-order valence-corrected chi connectivity index (χ3v) is 3.83. The highest BCUT2D eigenvalue weighted by atomic mass is 16.5. The maximum atomic E-state index is 6.06. The van der Waals surface area contributed by atoms with Crippen LogP contribution < -0.4 is 10.6 Å². The minimum Gasteiger partial charge on any atom is -0.383 e. The number of rotatable bonds is 10. The minimum atomic E-state index is 0.243. The van der Waals surface area contributed by atoms with Crippen LogP contribution in [0.25, 0.3) is 0 Å². The second-order valence-corrected chi connectivity index (χ2v) is 5.46. The van der Waals surface area contributed by atoms with E-state index in [1.807, 2.05) is 0 Å². The number of benzene rings is 1. The number of methoxy groups -OCH3 is 2. The fourth-order valence-electron chi connectivity index (χ4n) is 2.31. The first-order valence-electron chi connectivity index (χ1n) is 7.70. The zero-order valence-corrected chi connectivity index (χ0v) is 13.9. The highest BCUT2D eigenvalue weighted by molar-refractivity contribution is 5.51. The summed E-state index contributed by atoms with van der Waals surface area (Å²) in [6, 6.07) is 6.86. The quantitative estimate of drug-likeness (QED) is 0.720. The Bertz CT molecular complexity index is 402. The van der Waals surface area contributed by atoms with Gasteiger partial charge in [-0.15, -0.1) is 0 Å². The number of anilines is 1. The lowest BCUT2D eigenvalue weighted by atomic mass is 9.99. The molecule has 0 spiro atoms. The van der Waals surface area contributed by atoms with Crippen LogP contribution in [0.3, 0.4) is 0 Å². The third-order valence-electron chi connectivity index (χ3n) is 3.83. The second-order valence-electron chi connectivity index (χ2n) is 5.46. The second kappa shape index (κ2) is 9.77. The topological polar surface area (TPSA) is 47.7 Å². The van der Waals surface area contributed by atoms with Crippen LogP contribution in [0.2, 0.25) is 0 Å². The minimum absolute atomic E-state index is 0.243. The zero-order valence-electron chi connectivity index (χ0n) is 13.9. The number of hydrogen-bond acceptors (Lipinski definition) is 4. The molecule has 1 unspecified atom stereocenters. The Morgan fingerprint density at radius 1 is 1.14 bits per heavy atom. The fourth-order valence-corrected chi connectivity index (χ4v) is 2.31. The fraction of sp³-hybridized carbons (Fsp3) is 0.647. The van der Waals surface area contributed by atoms with E-state index in [0.29, 0.717) is 13.2 Å². The van der Waals surface area contributed by atoms with E-state index in [2.05, 4.69) is 36.9 Å². The molecule has 1 rings (SSSR count). The smallest absolute Gasteiger partial charge is 0.0637 e. The molecule has 1 aromatic carbocycles. The van der Waals surface area contributed by atoms with E-state index < -0.39 is 0 Å². The van der Waals surface area contributed by atoms with Crippen molar-refractivity contribution >= 4 is 5.69 Å². The average molecular weight is 294 g/mol. The van der Waals surface area contributed by atoms with Gasteiger partial charge in [0.25, 0.3) is 0 Å². The van der Waals surface area contributed by atoms with Gasteiger partial charge in [-0.05, 0) is 43.0 Å². The molecule has 2 N–H and O–H groups in total. The molecule has 0 saturated heterocycles. The van der Waals surface area contributed by atoms with E-state index in [4.69, 9.17) is 15.2 Å². The van der Waals surface area contributed by atoms with Gasteiger partial charge >= 0.3 is 0 Å². The number of nitrogens with zero attached hydrogens (tertiary/aromatic N) is 1. The van der Waals surface area contributed by atoms with E-state index >= 15 is 0 Å². The lowest BCUT2D eigenvalue weighted by Gasteiger charge is -2.25. The van der Waals surface area contributed by atoms with E-state index in [1.165, 1.54) is 16.8 Å². The summed E-state index contributed by atoms with van der Waals surface area (Å²) < 4.78 is 10.4. The zero-order chi connectivity index (χ0) is 15.7. The summed E-state index contributed by atoms with van der Waals surface area (Å²) in [6.07, 6.45) is 1.95. The number of nitrogens with two attached hydrogens (primary N) is 1. The number of ether oxygens (including phenoxy) is 2. The molecule has 0 bridgehead atoms. The molecule has 1 aromatic rings. The lowest BCUT2D eigenvalue weighted by molar-refractivity contribution is 0.190. The predicted molar refractivity (Wildman–Crippen MR) is 89.1 cm³/mol. The SMILES string of the molecule is CCC(N)Cc1ccc(N(CCOC)CCOC)cc1C. The van der Waals surface area contributed by atoms with Crippen LogP contribution in [0, 0.1) is 6.92 Å². The van der Waals surface area contributed by atoms with Crippen LogP contribution in [0.5, 0.6) is 0 Å². The van der Waals surface area contributed by atoms with Crippen LogP contribution >= 0.6 is 0 Å². The van der Waals surface area contributed by atoms with Gasteiger partial charge in [0.15, 0.2) is 0 Å². The van der Waals surface area contributed by atoms with Gasteiger partial charge in [0.2, 0.25) is 0 Å². The maximum absolute atomic E-state index is 6.06. The standard InChI is InChI=1S/C17H30N2O2/c1-5-16(18)13-15-6-7-17(12-14(15)2)19(8-10-20-3)9-11-21-4/h6-7,12,16H,5,8-11,13,18H2,1-4H3.